The zero-order valence-electron chi connectivity index (χ0n) is 35.0. The van der Waals surface area contributed by atoms with Crippen LogP contribution in [0.5, 0.6) is 0 Å². The molecular formula is C52H59ClN2O4. The molecule has 59 heavy (non-hydrogen) atoms. The summed E-state index contributed by atoms with van der Waals surface area (Å²) in [7, 11) is 0. The van der Waals surface area contributed by atoms with Gasteiger partial charge in [0.05, 0.1) is 0 Å². The zero-order chi connectivity index (χ0) is 41.3. The van der Waals surface area contributed by atoms with E-state index in [0.717, 1.165) is 11.8 Å². The summed E-state index contributed by atoms with van der Waals surface area (Å²) in [5.74, 6) is 2.78. The monoisotopic (exact) mass is 810 g/mol. The Morgan fingerprint density at radius 1 is 0.559 bits per heavy atom. The van der Waals surface area contributed by atoms with E-state index in [0.29, 0.717) is 11.8 Å². The maximum absolute atomic E-state index is 8.12. The summed E-state index contributed by atoms with van der Waals surface area (Å²) in [6.07, 6.45) is 8.08. The van der Waals surface area contributed by atoms with Gasteiger partial charge in [-0.15, -0.1) is 12.4 Å². The van der Waals surface area contributed by atoms with Crippen molar-refractivity contribution in [3.63, 3.8) is 0 Å². The van der Waals surface area contributed by atoms with Crippen LogP contribution in [0.25, 0.3) is 21.5 Å². The lowest BCUT2D eigenvalue weighted by atomic mass is 9.87. The molecule has 308 valence electrons. The molecule has 6 nitrogen and oxygen atoms in total. The van der Waals surface area contributed by atoms with Gasteiger partial charge in [0.2, 0.25) is 0 Å². The highest BCUT2D eigenvalue weighted by Gasteiger charge is 2.26. The van der Waals surface area contributed by atoms with Crippen molar-refractivity contribution < 1.29 is 19.2 Å². The number of hydrogen-bond acceptors (Lipinski definition) is 6. The first-order valence-corrected chi connectivity index (χ1v) is 20.9. The second-order valence-electron chi connectivity index (χ2n) is 16.0. The third-order valence-corrected chi connectivity index (χ3v) is 11.9. The van der Waals surface area contributed by atoms with Gasteiger partial charge in [0, 0.05) is 37.6 Å². The highest BCUT2D eigenvalue weighted by atomic mass is 35.5. The van der Waals surface area contributed by atoms with E-state index in [1.165, 1.54) is 120 Å². The third-order valence-electron chi connectivity index (χ3n) is 11.9. The Morgan fingerprint density at radius 2 is 0.949 bits per heavy atom. The van der Waals surface area contributed by atoms with E-state index in [-0.39, 0.29) is 24.7 Å². The topological polar surface area (TPSA) is 74.8 Å². The van der Waals surface area contributed by atoms with E-state index in [1.807, 2.05) is 0 Å². The van der Waals surface area contributed by atoms with E-state index >= 15 is 0 Å². The highest BCUT2D eigenvalue weighted by Crippen LogP contribution is 2.36. The van der Waals surface area contributed by atoms with Crippen LogP contribution in [0.4, 0.5) is 11.4 Å². The molecule has 2 aliphatic heterocycles. The smallest absolute Gasteiger partial charge is 0.371 e. The van der Waals surface area contributed by atoms with Crippen LogP contribution in [0.3, 0.4) is 0 Å². The van der Waals surface area contributed by atoms with Crippen molar-refractivity contribution in [3.05, 3.63) is 156 Å². The molecule has 6 aromatic carbocycles. The molecule has 6 aromatic rings. The van der Waals surface area contributed by atoms with Crippen LogP contribution in [-0.2, 0) is 25.6 Å². The number of benzene rings is 6. The molecule has 2 heterocycles. The predicted molar refractivity (Wildman–Crippen MR) is 243 cm³/mol. The second kappa shape index (κ2) is 23.8. The molecule has 7 heteroatoms. The van der Waals surface area contributed by atoms with Crippen molar-refractivity contribution in [2.45, 2.75) is 78.1 Å². The third kappa shape index (κ3) is 13.0. The Balaban J connectivity index is 0.000000227. The standard InChI is InChI=1S/C26H31N.C24H27N.2CO2.ClH/c1-3-7-21-12-14-24(15-13-21)27-17-16-22(19-27)18-20(2)25-11-6-9-23-8-4-5-10-26(23)25;1-18-10-12-22(13-11-18)25-15-14-20(17-25)16-19(2)23-9-5-7-21-6-3-4-8-24(21)23;2*2-1-3;/h4-6,8-15,20,22H,3,7,16-19H2,1-2H3;3-13,19-20H,14-17H2,1-2H3;;;1H/t20-,22+;19-,20+;;;/m00.../s1. The summed E-state index contributed by atoms with van der Waals surface area (Å²) in [5.41, 5.74) is 8.59. The Bertz CT molecular complexity index is 2220. The van der Waals surface area contributed by atoms with Gasteiger partial charge in [0.15, 0.2) is 0 Å². The van der Waals surface area contributed by atoms with Gasteiger partial charge in [-0.2, -0.15) is 19.2 Å². The quantitative estimate of drug-likeness (QED) is 0.137. The SMILES string of the molecule is CCCc1ccc(N2CC[C@H](C[C@H](C)c3cccc4ccccc34)C2)cc1.Cc1ccc(N2CC[C@H](C[C@H](C)c3cccc4ccccc34)C2)cc1.Cl.O=C=O.O=C=O. The Labute approximate surface area is 357 Å². The lowest BCUT2D eigenvalue weighted by Crippen LogP contribution is -2.20. The molecule has 0 unspecified atom stereocenters. The lowest BCUT2D eigenvalue weighted by Gasteiger charge is -2.21. The Morgan fingerprint density at radius 3 is 1.37 bits per heavy atom. The van der Waals surface area contributed by atoms with Crippen molar-refractivity contribution in [2.75, 3.05) is 36.0 Å². The molecule has 4 atom stereocenters. The summed E-state index contributed by atoms with van der Waals surface area (Å²) >= 11 is 0. The first kappa shape index (κ1) is 46.2. The van der Waals surface area contributed by atoms with Crippen LogP contribution < -0.4 is 9.80 Å². The molecule has 0 radical (unpaired) electrons. The van der Waals surface area contributed by atoms with Crippen LogP contribution in [0.2, 0.25) is 0 Å². The maximum atomic E-state index is 8.12. The van der Waals surface area contributed by atoms with Gasteiger partial charge in [-0.1, -0.05) is 142 Å². The number of rotatable bonds is 10. The fourth-order valence-corrected chi connectivity index (χ4v) is 9.05. The first-order chi connectivity index (χ1) is 28.3. The summed E-state index contributed by atoms with van der Waals surface area (Å²) in [6.45, 7) is 14.0. The van der Waals surface area contributed by atoms with Crippen molar-refractivity contribution in [3.8, 4) is 0 Å². The minimum absolute atomic E-state index is 0. The van der Waals surface area contributed by atoms with E-state index in [4.69, 9.17) is 19.2 Å². The van der Waals surface area contributed by atoms with E-state index in [9.17, 15) is 0 Å². The average Bonchev–Trinajstić information content (AvgIpc) is 3.92. The molecule has 0 bridgehead atoms. The minimum Gasteiger partial charge on any atom is -0.371 e. The van der Waals surface area contributed by atoms with Crippen LogP contribution in [0.1, 0.15) is 87.0 Å². The Kier molecular flexibility index (Phi) is 18.6. The van der Waals surface area contributed by atoms with Gasteiger partial charge < -0.3 is 9.80 Å². The van der Waals surface area contributed by atoms with E-state index in [1.54, 1.807) is 0 Å². The molecule has 0 amide bonds. The number of aryl methyl sites for hydroxylation is 2. The summed E-state index contributed by atoms with van der Waals surface area (Å²) in [4.78, 5) is 37.6. The van der Waals surface area contributed by atoms with Gasteiger partial charge in [0.25, 0.3) is 0 Å². The van der Waals surface area contributed by atoms with Gasteiger partial charge in [-0.25, -0.2) is 0 Å². The fourth-order valence-electron chi connectivity index (χ4n) is 9.05. The van der Waals surface area contributed by atoms with Crippen molar-refractivity contribution >= 4 is 57.6 Å². The zero-order valence-corrected chi connectivity index (χ0v) is 35.8. The van der Waals surface area contributed by atoms with Gasteiger partial charge in [0.1, 0.15) is 0 Å². The maximum Gasteiger partial charge on any atom is 0.373 e. The summed E-state index contributed by atoms with van der Waals surface area (Å²) in [5, 5.41) is 5.57. The minimum atomic E-state index is 0. The molecule has 8 rings (SSSR count). The molecule has 0 aromatic heterocycles. The van der Waals surface area contributed by atoms with E-state index < -0.39 is 0 Å². The van der Waals surface area contributed by atoms with Crippen LogP contribution in [0.15, 0.2) is 133 Å². The number of fused-ring (bicyclic) bond motifs is 2. The number of halogens is 1. The largest absolute Gasteiger partial charge is 0.373 e. The molecule has 0 saturated carbocycles. The molecule has 2 aliphatic rings. The molecular weight excluding hydrogens is 752 g/mol. The molecule has 2 fully saturated rings. The van der Waals surface area contributed by atoms with Gasteiger partial charge in [-0.05, 0) is 125 Å². The fraction of sp³-hybridized carbons (Fsp3) is 0.346. The summed E-state index contributed by atoms with van der Waals surface area (Å²) in [6, 6.07) is 49.4. The molecule has 0 aliphatic carbocycles. The van der Waals surface area contributed by atoms with E-state index in [2.05, 4.69) is 171 Å². The van der Waals surface area contributed by atoms with Crippen LogP contribution in [-0.4, -0.2) is 38.5 Å². The number of nitrogens with zero attached hydrogens (tertiary/aromatic N) is 2. The van der Waals surface area contributed by atoms with Crippen molar-refractivity contribution in [2.24, 2.45) is 11.8 Å². The van der Waals surface area contributed by atoms with Crippen molar-refractivity contribution in [1.29, 1.82) is 0 Å². The van der Waals surface area contributed by atoms with Crippen molar-refractivity contribution in [1.82, 2.24) is 0 Å². The second-order valence-corrected chi connectivity index (χ2v) is 16.0. The number of anilines is 2. The van der Waals surface area contributed by atoms with Crippen LogP contribution >= 0.6 is 12.4 Å². The molecule has 0 N–H and O–H groups in total. The normalized spacial score (nSPS) is 16.5. The van der Waals surface area contributed by atoms with Crippen LogP contribution in [0, 0.1) is 18.8 Å². The number of carbonyl (C=O) groups excluding carboxylic acids is 4. The number of hydrogen-bond donors (Lipinski definition) is 0. The lowest BCUT2D eigenvalue weighted by molar-refractivity contribution is -0.193. The first-order valence-electron chi connectivity index (χ1n) is 20.9. The van der Waals surface area contributed by atoms with Gasteiger partial charge in [-0.3, -0.25) is 0 Å². The predicted octanol–water partition coefficient (Wildman–Crippen LogP) is 12.2. The Hall–Kier alpha value is -5.51. The molecule has 2 saturated heterocycles. The molecule has 0 spiro atoms. The average molecular weight is 812 g/mol. The summed E-state index contributed by atoms with van der Waals surface area (Å²) < 4.78 is 0. The van der Waals surface area contributed by atoms with Gasteiger partial charge >= 0.3 is 12.3 Å². The highest BCUT2D eigenvalue weighted by molar-refractivity contribution is 5.87.